The number of hydrogen-bond acceptors (Lipinski definition) is 3. The molecule has 1 aromatic carbocycles. The third kappa shape index (κ3) is 1.76. The summed E-state index contributed by atoms with van der Waals surface area (Å²) in [4.78, 5) is 11.8. The molecule has 0 radical (unpaired) electrons. The zero-order valence-corrected chi connectivity index (χ0v) is 9.66. The summed E-state index contributed by atoms with van der Waals surface area (Å²) in [6.07, 6.45) is 1.82. The standard InChI is InChI=1S/C10H10FN3OS/c1-13-10(15)14(9(12-13)16-2)8-5-3-4-7(11)6-8/h3-6H,1-2H3. The smallest absolute Gasteiger partial charge is 0.246 e. The average Bonchev–Trinajstić information content (AvgIpc) is 2.55. The lowest BCUT2D eigenvalue weighted by Crippen LogP contribution is -2.21. The van der Waals surface area contributed by atoms with Crippen LogP contribution in [0, 0.1) is 5.82 Å². The molecule has 1 aromatic heterocycles. The van der Waals surface area contributed by atoms with Gasteiger partial charge in [0.1, 0.15) is 5.82 Å². The Morgan fingerprint density at radius 1 is 1.44 bits per heavy atom. The van der Waals surface area contributed by atoms with Gasteiger partial charge < -0.3 is 0 Å². The van der Waals surface area contributed by atoms with Gasteiger partial charge >= 0.3 is 5.69 Å². The molecule has 0 bridgehead atoms. The van der Waals surface area contributed by atoms with E-state index in [0.29, 0.717) is 10.8 Å². The van der Waals surface area contributed by atoms with Gasteiger partial charge in [0.15, 0.2) is 5.16 Å². The lowest BCUT2D eigenvalue weighted by molar-refractivity contribution is 0.625. The zero-order valence-electron chi connectivity index (χ0n) is 8.85. The van der Waals surface area contributed by atoms with Gasteiger partial charge in [-0.1, -0.05) is 17.8 Å². The van der Waals surface area contributed by atoms with E-state index in [2.05, 4.69) is 5.10 Å². The van der Waals surface area contributed by atoms with E-state index in [0.717, 1.165) is 0 Å². The van der Waals surface area contributed by atoms with Crippen molar-refractivity contribution in [3.63, 3.8) is 0 Å². The fourth-order valence-electron chi connectivity index (χ4n) is 1.41. The molecule has 0 fully saturated rings. The number of benzene rings is 1. The van der Waals surface area contributed by atoms with E-state index in [1.807, 2.05) is 6.26 Å². The van der Waals surface area contributed by atoms with Crippen molar-refractivity contribution in [1.82, 2.24) is 14.3 Å². The Morgan fingerprint density at radius 3 is 2.81 bits per heavy atom. The highest BCUT2D eigenvalue weighted by Gasteiger charge is 2.12. The Kier molecular flexibility index (Phi) is 2.82. The van der Waals surface area contributed by atoms with Gasteiger partial charge in [0.25, 0.3) is 0 Å². The van der Waals surface area contributed by atoms with Crippen molar-refractivity contribution in [3.05, 3.63) is 40.6 Å². The summed E-state index contributed by atoms with van der Waals surface area (Å²) in [5.74, 6) is -0.375. The molecule has 0 atom stereocenters. The maximum absolute atomic E-state index is 13.1. The van der Waals surface area contributed by atoms with Crippen LogP contribution in [0.25, 0.3) is 5.69 Å². The lowest BCUT2D eigenvalue weighted by Gasteiger charge is -2.02. The normalized spacial score (nSPS) is 10.7. The van der Waals surface area contributed by atoms with Crippen LogP contribution < -0.4 is 5.69 Å². The Bertz CT molecular complexity index is 576. The van der Waals surface area contributed by atoms with Crippen LogP contribution in [-0.4, -0.2) is 20.6 Å². The molecule has 2 rings (SSSR count). The van der Waals surface area contributed by atoms with Crippen molar-refractivity contribution in [3.8, 4) is 5.69 Å². The summed E-state index contributed by atoms with van der Waals surface area (Å²) >= 11 is 1.34. The van der Waals surface area contributed by atoms with Gasteiger partial charge in [-0.05, 0) is 24.5 Å². The van der Waals surface area contributed by atoms with Crippen LogP contribution in [0.15, 0.2) is 34.2 Å². The van der Waals surface area contributed by atoms with Gasteiger partial charge in [-0.2, -0.15) is 0 Å². The first-order valence-corrected chi connectivity index (χ1v) is 5.82. The summed E-state index contributed by atoms with van der Waals surface area (Å²) in [5.41, 5.74) is 0.206. The summed E-state index contributed by atoms with van der Waals surface area (Å²) in [5, 5.41) is 4.58. The minimum Gasteiger partial charge on any atom is -0.246 e. The van der Waals surface area contributed by atoms with Crippen molar-refractivity contribution in [1.29, 1.82) is 0 Å². The second kappa shape index (κ2) is 4.13. The Balaban J connectivity index is 2.68. The Labute approximate surface area is 95.7 Å². The topological polar surface area (TPSA) is 39.8 Å². The molecule has 0 aliphatic carbocycles. The van der Waals surface area contributed by atoms with E-state index >= 15 is 0 Å². The third-order valence-corrected chi connectivity index (χ3v) is 2.77. The fraction of sp³-hybridized carbons (Fsp3) is 0.200. The predicted octanol–water partition coefficient (Wildman–Crippen LogP) is 1.43. The van der Waals surface area contributed by atoms with Crippen LogP contribution in [0.5, 0.6) is 0 Å². The van der Waals surface area contributed by atoms with E-state index in [-0.39, 0.29) is 11.5 Å². The van der Waals surface area contributed by atoms with E-state index in [4.69, 9.17) is 0 Å². The number of nitrogens with zero attached hydrogens (tertiary/aromatic N) is 3. The lowest BCUT2D eigenvalue weighted by atomic mass is 10.3. The van der Waals surface area contributed by atoms with Gasteiger partial charge in [0, 0.05) is 7.05 Å². The first kappa shape index (κ1) is 10.9. The Morgan fingerprint density at radius 2 is 2.19 bits per heavy atom. The van der Waals surface area contributed by atoms with E-state index in [1.54, 1.807) is 19.2 Å². The van der Waals surface area contributed by atoms with Gasteiger partial charge in [-0.25, -0.2) is 18.4 Å². The molecule has 0 saturated heterocycles. The van der Waals surface area contributed by atoms with Gasteiger partial charge in [0.05, 0.1) is 5.69 Å². The van der Waals surface area contributed by atoms with Crippen LogP contribution in [0.4, 0.5) is 4.39 Å². The SMILES string of the molecule is CSc1nn(C)c(=O)n1-c1cccc(F)c1. The van der Waals surface area contributed by atoms with Crippen molar-refractivity contribution >= 4 is 11.8 Å². The minimum absolute atomic E-state index is 0.282. The molecule has 6 heteroatoms. The van der Waals surface area contributed by atoms with Crippen LogP contribution >= 0.6 is 11.8 Å². The zero-order chi connectivity index (χ0) is 11.7. The van der Waals surface area contributed by atoms with Crippen molar-refractivity contribution in [2.24, 2.45) is 7.05 Å². The second-order valence-corrected chi connectivity index (χ2v) is 3.98. The van der Waals surface area contributed by atoms with Crippen LogP contribution in [0.1, 0.15) is 0 Å². The highest BCUT2D eigenvalue weighted by Crippen LogP contribution is 2.15. The van der Waals surface area contributed by atoms with Crippen LogP contribution in [0.2, 0.25) is 0 Å². The van der Waals surface area contributed by atoms with Crippen LogP contribution in [0.3, 0.4) is 0 Å². The van der Waals surface area contributed by atoms with Gasteiger partial charge in [0.2, 0.25) is 0 Å². The monoisotopic (exact) mass is 239 g/mol. The molecule has 4 nitrogen and oxygen atoms in total. The summed E-state index contributed by atoms with van der Waals surface area (Å²) < 4.78 is 15.7. The second-order valence-electron chi connectivity index (χ2n) is 3.21. The highest BCUT2D eigenvalue weighted by atomic mass is 32.2. The van der Waals surface area contributed by atoms with Crippen molar-refractivity contribution in [2.75, 3.05) is 6.26 Å². The van der Waals surface area contributed by atoms with E-state index in [9.17, 15) is 9.18 Å². The first-order chi connectivity index (χ1) is 7.63. The van der Waals surface area contributed by atoms with Gasteiger partial charge in [-0.3, -0.25) is 0 Å². The van der Waals surface area contributed by atoms with Crippen molar-refractivity contribution < 1.29 is 4.39 Å². The number of aromatic nitrogens is 3. The minimum atomic E-state index is -0.375. The third-order valence-electron chi connectivity index (χ3n) is 2.14. The molecular weight excluding hydrogens is 229 g/mol. The molecule has 0 amide bonds. The maximum atomic E-state index is 13.1. The summed E-state index contributed by atoms with van der Waals surface area (Å²) in [6.45, 7) is 0. The molecule has 16 heavy (non-hydrogen) atoms. The summed E-state index contributed by atoms with van der Waals surface area (Å²) in [6, 6.07) is 5.88. The van der Waals surface area contributed by atoms with Crippen molar-refractivity contribution in [2.45, 2.75) is 5.16 Å². The largest absolute Gasteiger partial charge is 0.350 e. The molecule has 0 spiro atoms. The number of thioether (sulfide) groups is 1. The molecular formula is C10H10FN3OS. The molecule has 0 unspecified atom stereocenters. The fourth-order valence-corrected chi connectivity index (χ4v) is 1.98. The maximum Gasteiger partial charge on any atom is 0.350 e. The number of rotatable bonds is 2. The molecule has 0 aliphatic heterocycles. The molecule has 2 aromatic rings. The number of hydrogen-bond donors (Lipinski definition) is 0. The van der Waals surface area contributed by atoms with E-state index < -0.39 is 0 Å². The molecule has 84 valence electrons. The summed E-state index contributed by atoms with van der Waals surface area (Å²) in [7, 11) is 1.57. The molecule has 0 saturated carbocycles. The molecule has 1 heterocycles. The van der Waals surface area contributed by atoms with Gasteiger partial charge in [-0.15, -0.1) is 5.10 Å². The Hall–Kier alpha value is -1.56. The average molecular weight is 239 g/mol. The highest BCUT2D eigenvalue weighted by molar-refractivity contribution is 7.98. The molecule has 0 aliphatic rings. The number of aryl methyl sites for hydroxylation is 1. The quantitative estimate of drug-likeness (QED) is 0.744. The van der Waals surface area contributed by atoms with Crippen LogP contribution in [-0.2, 0) is 7.05 Å². The van der Waals surface area contributed by atoms with E-state index in [1.165, 1.54) is 33.1 Å². The molecule has 0 N–H and O–H groups in total. The first-order valence-electron chi connectivity index (χ1n) is 4.59. The predicted molar refractivity (Wildman–Crippen MR) is 60.5 cm³/mol. The number of halogens is 1.